The summed E-state index contributed by atoms with van der Waals surface area (Å²) in [6, 6.07) is 6.48. The van der Waals surface area contributed by atoms with Crippen LogP contribution in [0.15, 0.2) is 29.2 Å². The van der Waals surface area contributed by atoms with Crippen LogP contribution < -0.4 is 5.32 Å². The quantitative estimate of drug-likeness (QED) is 0.858. The molecule has 5 nitrogen and oxygen atoms in total. The fourth-order valence-electron chi connectivity index (χ4n) is 3.05. The number of benzene rings is 1. The Bertz CT molecular complexity index is 683. The second-order valence-electron chi connectivity index (χ2n) is 6.59. The molecule has 23 heavy (non-hydrogen) atoms. The van der Waals surface area contributed by atoms with E-state index in [4.69, 9.17) is 0 Å². The highest BCUT2D eigenvalue weighted by molar-refractivity contribution is 7.91. The standard InChI is InChI=1S/C17H24N2O3S/c1-2-23(21,22)16-5-3-4-14(10-16)17(20)18-15-8-9-19(12-15)11-13-6-7-13/h3-5,10,13,15H,2,6-9,11-12H2,1H3,(H,18,20)/t15-/m0/s1. The molecule has 1 aromatic rings. The second kappa shape index (κ2) is 6.61. The molecular formula is C17H24N2O3S. The average Bonchev–Trinajstić information content (AvgIpc) is 3.26. The number of carbonyl (C=O) groups excluding carboxylic acids is 1. The van der Waals surface area contributed by atoms with Gasteiger partial charge in [0.05, 0.1) is 10.6 Å². The molecule has 126 valence electrons. The molecule has 0 aromatic heterocycles. The van der Waals surface area contributed by atoms with Crippen LogP contribution in [0, 0.1) is 5.92 Å². The van der Waals surface area contributed by atoms with Crippen LogP contribution in [0.4, 0.5) is 0 Å². The molecule has 1 heterocycles. The van der Waals surface area contributed by atoms with Crippen LogP contribution in [-0.4, -0.2) is 50.7 Å². The van der Waals surface area contributed by atoms with Crippen molar-refractivity contribution in [3.05, 3.63) is 29.8 Å². The number of sulfone groups is 1. The topological polar surface area (TPSA) is 66.5 Å². The predicted octanol–water partition coefficient (Wildman–Crippen LogP) is 1.69. The summed E-state index contributed by atoms with van der Waals surface area (Å²) in [6.07, 6.45) is 3.64. The van der Waals surface area contributed by atoms with E-state index in [1.165, 1.54) is 18.9 Å². The monoisotopic (exact) mass is 336 g/mol. The van der Waals surface area contributed by atoms with Crippen molar-refractivity contribution in [3.63, 3.8) is 0 Å². The first kappa shape index (κ1) is 16.5. The molecule has 2 aliphatic rings. The van der Waals surface area contributed by atoms with Crippen LogP contribution in [0.25, 0.3) is 0 Å². The highest BCUT2D eigenvalue weighted by atomic mass is 32.2. The number of nitrogens with zero attached hydrogens (tertiary/aromatic N) is 1. The van der Waals surface area contributed by atoms with Crippen molar-refractivity contribution in [2.24, 2.45) is 5.92 Å². The van der Waals surface area contributed by atoms with Crippen molar-refractivity contribution in [2.75, 3.05) is 25.4 Å². The van der Waals surface area contributed by atoms with Gasteiger partial charge in [0.1, 0.15) is 0 Å². The highest BCUT2D eigenvalue weighted by Gasteiger charge is 2.30. The Kier molecular flexibility index (Phi) is 4.73. The summed E-state index contributed by atoms with van der Waals surface area (Å²) in [5.41, 5.74) is 0.417. The lowest BCUT2D eigenvalue weighted by atomic mass is 10.2. The van der Waals surface area contributed by atoms with Crippen molar-refractivity contribution < 1.29 is 13.2 Å². The molecule has 1 atom stereocenters. The SMILES string of the molecule is CCS(=O)(=O)c1cccc(C(=O)N[C@H]2CCN(CC3CC3)C2)c1. The zero-order valence-corrected chi connectivity index (χ0v) is 14.3. The Hall–Kier alpha value is -1.40. The van der Waals surface area contributed by atoms with Gasteiger partial charge in [-0.2, -0.15) is 0 Å². The van der Waals surface area contributed by atoms with Crippen molar-refractivity contribution in [1.82, 2.24) is 10.2 Å². The Morgan fingerprint density at radius 2 is 2.09 bits per heavy atom. The lowest BCUT2D eigenvalue weighted by Gasteiger charge is -2.16. The predicted molar refractivity (Wildman–Crippen MR) is 89.2 cm³/mol. The first-order valence-corrected chi connectivity index (χ1v) is 9.99. The Morgan fingerprint density at radius 1 is 1.30 bits per heavy atom. The van der Waals surface area contributed by atoms with Gasteiger partial charge < -0.3 is 10.2 Å². The highest BCUT2D eigenvalue weighted by Crippen LogP contribution is 2.30. The average molecular weight is 336 g/mol. The molecule has 1 aliphatic heterocycles. The molecule has 1 aliphatic carbocycles. The summed E-state index contributed by atoms with van der Waals surface area (Å²) in [6.45, 7) is 4.69. The van der Waals surface area contributed by atoms with Gasteiger partial charge in [-0.05, 0) is 43.4 Å². The minimum absolute atomic E-state index is 0.0385. The number of hydrogen-bond acceptors (Lipinski definition) is 4. The van der Waals surface area contributed by atoms with Gasteiger partial charge in [0, 0.05) is 31.2 Å². The van der Waals surface area contributed by atoms with E-state index in [0.717, 1.165) is 32.0 Å². The molecule has 2 fully saturated rings. The van der Waals surface area contributed by atoms with Crippen LogP contribution in [0.3, 0.4) is 0 Å². The third kappa shape index (κ3) is 4.12. The molecule has 6 heteroatoms. The molecule has 1 saturated carbocycles. The summed E-state index contributed by atoms with van der Waals surface area (Å²) >= 11 is 0. The summed E-state index contributed by atoms with van der Waals surface area (Å²) in [5.74, 6) is 0.716. The summed E-state index contributed by atoms with van der Waals surface area (Å²) in [4.78, 5) is 15.0. The van der Waals surface area contributed by atoms with E-state index in [1.54, 1.807) is 25.1 Å². The van der Waals surface area contributed by atoms with Crippen LogP contribution in [-0.2, 0) is 9.84 Å². The third-order valence-corrected chi connectivity index (χ3v) is 6.39. The molecule has 0 bridgehead atoms. The fourth-order valence-corrected chi connectivity index (χ4v) is 3.97. The van der Waals surface area contributed by atoms with Gasteiger partial charge in [0.25, 0.3) is 5.91 Å². The van der Waals surface area contributed by atoms with Crippen molar-refractivity contribution in [2.45, 2.75) is 37.1 Å². The van der Waals surface area contributed by atoms with Crippen molar-refractivity contribution in [3.8, 4) is 0 Å². The van der Waals surface area contributed by atoms with Gasteiger partial charge in [-0.25, -0.2) is 8.42 Å². The minimum Gasteiger partial charge on any atom is -0.348 e. The minimum atomic E-state index is -3.29. The maximum atomic E-state index is 12.4. The summed E-state index contributed by atoms with van der Waals surface area (Å²) in [5, 5.41) is 3.04. The number of rotatable bonds is 6. The molecule has 0 radical (unpaired) electrons. The number of amides is 1. The zero-order chi connectivity index (χ0) is 16.4. The molecule has 0 unspecified atom stereocenters. The first-order chi connectivity index (χ1) is 11.0. The number of hydrogen-bond donors (Lipinski definition) is 1. The van der Waals surface area contributed by atoms with Crippen LogP contribution in [0.1, 0.15) is 36.5 Å². The summed E-state index contributed by atoms with van der Waals surface area (Å²) in [7, 11) is -3.29. The lowest BCUT2D eigenvalue weighted by molar-refractivity contribution is 0.0937. The van der Waals surface area contributed by atoms with Crippen LogP contribution in [0.5, 0.6) is 0 Å². The molecule has 1 saturated heterocycles. The molecular weight excluding hydrogens is 312 g/mol. The molecule has 1 amide bonds. The maximum Gasteiger partial charge on any atom is 0.251 e. The Balaban J connectivity index is 1.61. The number of nitrogens with one attached hydrogen (secondary N) is 1. The van der Waals surface area contributed by atoms with Crippen molar-refractivity contribution in [1.29, 1.82) is 0 Å². The molecule has 1 N–H and O–H groups in total. The van der Waals surface area contributed by atoms with Gasteiger partial charge in [-0.1, -0.05) is 13.0 Å². The van der Waals surface area contributed by atoms with Gasteiger partial charge in [-0.3, -0.25) is 4.79 Å². The van der Waals surface area contributed by atoms with Crippen LogP contribution in [0.2, 0.25) is 0 Å². The van der Waals surface area contributed by atoms with Crippen molar-refractivity contribution >= 4 is 15.7 Å². The number of carbonyl (C=O) groups is 1. The Morgan fingerprint density at radius 3 is 2.78 bits per heavy atom. The smallest absolute Gasteiger partial charge is 0.251 e. The largest absolute Gasteiger partial charge is 0.348 e. The van der Waals surface area contributed by atoms with Gasteiger partial charge in [0.2, 0.25) is 0 Å². The Labute approximate surface area is 138 Å². The van der Waals surface area contributed by atoms with Gasteiger partial charge in [-0.15, -0.1) is 0 Å². The molecule has 3 rings (SSSR count). The van der Waals surface area contributed by atoms with E-state index in [1.807, 2.05) is 0 Å². The molecule has 0 spiro atoms. The maximum absolute atomic E-state index is 12.4. The van der Waals surface area contributed by atoms with E-state index in [2.05, 4.69) is 10.2 Å². The fraction of sp³-hybridized carbons (Fsp3) is 0.588. The van der Waals surface area contributed by atoms with Crippen LogP contribution >= 0.6 is 0 Å². The third-order valence-electron chi connectivity index (χ3n) is 4.66. The van der Waals surface area contributed by atoms with E-state index in [9.17, 15) is 13.2 Å². The second-order valence-corrected chi connectivity index (χ2v) is 8.87. The molecule has 1 aromatic carbocycles. The number of likely N-dealkylation sites (tertiary alicyclic amines) is 1. The van der Waals surface area contributed by atoms with E-state index >= 15 is 0 Å². The van der Waals surface area contributed by atoms with Gasteiger partial charge in [0.15, 0.2) is 9.84 Å². The summed E-state index contributed by atoms with van der Waals surface area (Å²) < 4.78 is 23.9. The zero-order valence-electron chi connectivity index (χ0n) is 13.5. The van der Waals surface area contributed by atoms with E-state index in [-0.39, 0.29) is 22.6 Å². The lowest BCUT2D eigenvalue weighted by Crippen LogP contribution is -2.37. The first-order valence-electron chi connectivity index (χ1n) is 8.34. The van der Waals surface area contributed by atoms with E-state index in [0.29, 0.717) is 5.56 Å². The van der Waals surface area contributed by atoms with Gasteiger partial charge >= 0.3 is 0 Å². The normalized spacial score (nSPS) is 22.2. The van der Waals surface area contributed by atoms with E-state index < -0.39 is 9.84 Å².